The van der Waals surface area contributed by atoms with E-state index >= 15 is 0 Å². The van der Waals surface area contributed by atoms with Crippen molar-refractivity contribution in [1.29, 1.82) is 0 Å². The van der Waals surface area contributed by atoms with Crippen molar-refractivity contribution in [3.05, 3.63) is 47.2 Å². The molecule has 0 N–H and O–H groups in total. The SMILES string of the molecule is O=C1c2c(Cl)cccc2-n2cnc(-c3nnco3)c2[C@@H]2CCN12. The normalized spacial score (nSPS) is 18.7. The van der Waals surface area contributed by atoms with Gasteiger partial charge in [0, 0.05) is 6.54 Å². The molecule has 0 saturated carbocycles. The molecule has 8 heteroatoms. The number of benzene rings is 1. The van der Waals surface area contributed by atoms with Crippen LogP contribution in [0.15, 0.2) is 35.3 Å². The molecule has 114 valence electrons. The number of aromatic nitrogens is 4. The van der Waals surface area contributed by atoms with Gasteiger partial charge in [-0.15, -0.1) is 10.2 Å². The van der Waals surface area contributed by atoms with Gasteiger partial charge in [0.05, 0.1) is 28.0 Å². The fraction of sp³-hybridized carbons (Fsp3) is 0.200. The number of halogens is 1. The molecule has 0 bridgehead atoms. The molecule has 4 heterocycles. The van der Waals surface area contributed by atoms with Crippen molar-refractivity contribution in [2.75, 3.05) is 6.54 Å². The molecule has 0 radical (unpaired) electrons. The second-order valence-corrected chi connectivity index (χ2v) is 5.94. The van der Waals surface area contributed by atoms with Crippen molar-refractivity contribution in [3.63, 3.8) is 0 Å². The van der Waals surface area contributed by atoms with Gasteiger partial charge in [0.1, 0.15) is 6.33 Å². The monoisotopic (exact) mass is 327 g/mol. The third kappa shape index (κ3) is 1.60. The summed E-state index contributed by atoms with van der Waals surface area (Å²) < 4.78 is 7.21. The fourth-order valence-electron chi connectivity index (χ4n) is 3.29. The first-order valence-electron chi connectivity index (χ1n) is 7.19. The smallest absolute Gasteiger partial charge is 0.268 e. The molecule has 0 unspecified atom stereocenters. The van der Waals surface area contributed by atoms with Crippen LogP contribution in [-0.2, 0) is 0 Å². The largest absolute Gasteiger partial charge is 0.422 e. The van der Waals surface area contributed by atoms with Gasteiger partial charge in [-0.05, 0) is 18.6 Å². The number of imidazole rings is 1. The van der Waals surface area contributed by atoms with Crippen molar-refractivity contribution in [3.8, 4) is 17.3 Å². The quantitative estimate of drug-likeness (QED) is 0.686. The van der Waals surface area contributed by atoms with Crippen LogP contribution in [0.3, 0.4) is 0 Å². The predicted molar refractivity (Wildman–Crippen MR) is 80.3 cm³/mol. The topological polar surface area (TPSA) is 77.0 Å². The molecule has 23 heavy (non-hydrogen) atoms. The van der Waals surface area contributed by atoms with Gasteiger partial charge in [-0.3, -0.25) is 9.36 Å². The van der Waals surface area contributed by atoms with Crippen molar-refractivity contribution < 1.29 is 9.21 Å². The lowest BCUT2D eigenvalue weighted by Gasteiger charge is -2.39. The van der Waals surface area contributed by atoms with E-state index in [1.807, 2.05) is 21.6 Å². The fourth-order valence-corrected chi connectivity index (χ4v) is 3.54. The summed E-state index contributed by atoms with van der Waals surface area (Å²) in [4.78, 5) is 19.1. The molecule has 1 aromatic carbocycles. The van der Waals surface area contributed by atoms with E-state index in [9.17, 15) is 4.79 Å². The number of carbonyl (C=O) groups excluding carboxylic acids is 1. The molecule has 2 aromatic heterocycles. The van der Waals surface area contributed by atoms with Gasteiger partial charge in [-0.2, -0.15) is 0 Å². The second-order valence-electron chi connectivity index (χ2n) is 5.53. The standard InChI is InChI=1S/C15H10ClN5O2/c16-8-2-1-3-9-11(8)15(22)20-5-4-10(20)13-12(17-6-21(9)13)14-19-18-7-23-14/h1-3,6-7,10H,4-5H2/t10-/m0/s1. The molecule has 1 atom stereocenters. The van der Waals surface area contributed by atoms with Crippen molar-refractivity contribution in [1.82, 2.24) is 24.6 Å². The Morgan fingerprint density at radius 1 is 1.35 bits per heavy atom. The van der Waals surface area contributed by atoms with Gasteiger partial charge in [0.25, 0.3) is 11.8 Å². The van der Waals surface area contributed by atoms with Gasteiger partial charge in [0.15, 0.2) is 5.69 Å². The molecular weight excluding hydrogens is 318 g/mol. The van der Waals surface area contributed by atoms with Gasteiger partial charge in [-0.1, -0.05) is 17.7 Å². The third-order valence-corrected chi connectivity index (χ3v) is 4.74. The molecule has 7 nitrogen and oxygen atoms in total. The Kier molecular flexibility index (Phi) is 2.47. The average Bonchev–Trinajstić information content (AvgIpc) is 3.13. The van der Waals surface area contributed by atoms with Crippen LogP contribution < -0.4 is 0 Å². The predicted octanol–water partition coefficient (Wildman–Crippen LogP) is 2.48. The molecule has 1 amide bonds. The highest BCUT2D eigenvalue weighted by Crippen LogP contribution is 2.44. The molecule has 1 saturated heterocycles. The molecule has 0 aliphatic carbocycles. The first kappa shape index (κ1) is 12.8. The number of hydrogen-bond acceptors (Lipinski definition) is 5. The minimum absolute atomic E-state index is 0.0537. The minimum atomic E-state index is -0.0598. The lowest BCUT2D eigenvalue weighted by atomic mass is 9.97. The zero-order chi connectivity index (χ0) is 15.6. The van der Waals surface area contributed by atoms with Crippen LogP contribution in [0.5, 0.6) is 0 Å². The number of hydrogen-bond donors (Lipinski definition) is 0. The summed E-state index contributed by atoms with van der Waals surface area (Å²) in [5.41, 5.74) is 2.73. The number of fused-ring (bicyclic) bond motifs is 5. The average molecular weight is 328 g/mol. The van der Waals surface area contributed by atoms with E-state index < -0.39 is 0 Å². The van der Waals surface area contributed by atoms with E-state index in [0.717, 1.165) is 17.8 Å². The highest BCUT2D eigenvalue weighted by molar-refractivity contribution is 6.34. The number of amides is 1. The van der Waals surface area contributed by atoms with E-state index in [1.165, 1.54) is 6.39 Å². The molecule has 2 aliphatic rings. The lowest BCUT2D eigenvalue weighted by molar-refractivity contribution is 0.0461. The highest BCUT2D eigenvalue weighted by atomic mass is 35.5. The highest BCUT2D eigenvalue weighted by Gasteiger charge is 2.43. The Hall–Kier alpha value is -2.67. The van der Waals surface area contributed by atoms with E-state index in [4.69, 9.17) is 16.0 Å². The van der Waals surface area contributed by atoms with E-state index in [0.29, 0.717) is 28.7 Å². The maximum absolute atomic E-state index is 12.8. The Balaban J connectivity index is 1.83. The molecule has 2 aliphatic heterocycles. The van der Waals surface area contributed by atoms with Gasteiger partial charge in [0.2, 0.25) is 6.39 Å². The Morgan fingerprint density at radius 2 is 2.26 bits per heavy atom. The van der Waals surface area contributed by atoms with Crippen molar-refractivity contribution in [2.45, 2.75) is 12.5 Å². The maximum atomic E-state index is 12.8. The van der Waals surface area contributed by atoms with Crippen LogP contribution in [0.25, 0.3) is 17.3 Å². The Labute approximate surface area is 135 Å². The van der Waals surface area contributed by atoms with Crippen LogP contribution in [0.1, 0.15) is 28.5 Å². The van der Waals surface area contributed by atoms with Crippen LogP contribution in [0, 0.1) is 0 Å². The van der Waals surface area contributed by atoms with Crippen LogP contribution in [0.2, 0.25) is 5.02 Å². The minimum Gasteiger partial charge on any atom is -0.422 e. The molecule has 0 spiro atoms. The summed E-state index contributed by atoms with van der Waals surface area (Å²) in [5, 5.41) is 8.11. The van der Waals surface area contributed by atoms with Gasteiger partial charge < -0.3 is 9.32 Å². The number of carbonyl (C=O) groups is 1. The summed E-state index contributed by atoms with van der Waals surface area (Å²) >= 11 is 6.30. The van der Waals surface area contributed by atoms with Crippen molar-refractivity contribution in [2.24, 2.45) is 0 Å². The van der Waals surface area contributed by atoms with Crippen LogP contribution in [0.4, 0.5) is 0 Å². The molecule has 3 aromatic rings. The van der Waals surface area contributed by atoms with Crippen LogP contribution in [-0.4, -0.2) is 37.1 Å². The summed E-state index contributed by atoms with van der Waals surface area (Å²) in [7, 11) is 0. The van der Waals surface area contributed by atoms with Crippen LogP contribution >= 0.6 is 11.6 Å². The first-order valence-corrected chi connectivity index (χ1v) is 7.57. The first-order chi connectivity index (χ1) is 11.3. The Bertz CT molecular complexity index is 934. The molecular formula is C15H10ClN5O2. The zero-order valence-electron chi connectivity index (χ0n) is 11.8. The summed E-state index contributed by atoms with van der Waals surface area (Å²) in [6, 6.07) is 5.37. The van der Waals surface area contributed by atoms with E-state index in [1.54, 1.807) is 12.4 Å². The van der Waals surface area contributed by atoms with E-state index in [2.05, 4.69) is 15.2 Å². The Morgan fingerprint density at radius 3 is 3.00 bits per heavy atom. The summed E-state index contributed by atoms with van der Waals surface area (Å²) in [6.45, 7) is 0.697. The number of rotatable bonds is 1. The second kappa shape index (κ2) is 4.42. The molecule has 5 rings (SSSR count). The summed E-state index contributed by atoms with van der Waals surface area (Å²) in [6.07, 6.45) is 3.82. The van der Waals surface area contributed by atoms with Gasteiger partial charge >= 0.3 is 0 Å². The van der Waals surface area contributed by atoms with Gasteiger partial charge in [-0.25, -0.2) is 4.98 Å². The maximum Gasteiger partial charge on any atom is 0.268 e. The zero-order valence-corrected chi connectivity index (χ0v) is 12.6. The van der Waals surface area contributed by atoms with E-state index in [-0.39, 0.29) is 11.9 Å². The lowest BCUT2D eigenvalue weighted by Crippen LogP contribution is -2.44. The third-order valence-electron chi connectivity index (χ3n) is 4.43. The molecule has 1 fully saturated rings. The number of nitrogens with zero attached hydrogens (tertiary/aromatic N) is 5. The summed E-state index contributed by atoms with van der Waals surface area (Å²) in [5.74, 6) is 0.297. The van der Waals surface area contributed by atoms with Crippen molar-refractivity contribution >= 4 is 17.5 Å².